The predicted molar refractivity (Wildman–Crippen MR) is 96.3 cm³/mol. The van der Waals surface area contributed by atoms with Crippen LogP contribution in [0.4, 0.5) is 0 Å². The van der Waals surface area contributed by atoms with Crippen LogP contribution in [0.15, 0.2) is 39.9 Å². The fourth-order valence-corrected chi connectivity index (χ4v) is 2.98. The van der Waals surface area contributed by atoms with Gasteiger partial charge in [-0.15, -0.1) is 5.10 Å². The molecule has 27 heavy (non-hydrogen) atoms. The molecule has 10 nitrogen and oxygen atoms in total. The zero-order valence-electron chi connectivity index (χ0n) is 14.9. The standard InChI is InChI=1S/C17H16N6O4/c1-4-27-15(25)13-19-23(10-8-6-5-7-9-10)16-18-12-11(22(13)16)14(24)21(3)17(26)20(12)2/h5-9H,4H2,1-3H3. The number of aromatic nitrogens is 6. The van der Waals surface area contributed by atoms with E-state index in [1.807, 2.05) is 18.2 Å². The van der Waals surface area contributed by atoms with Crippen molar-refractivity contribution in [3.8, 4) is 5.69 Å². The van der Waals surface area contributed by atoms with E-state index in [1.165, 1.54) is 27.7 Å². The van der Waals surface area contributed by atoms with Gasteiger partial charge >= 0.3 is 11.7 Å². The minimum Gasteiger partial charge on any atom is -0.460 e. The van der Waals surface area contributed by atoms with Crippen molar-refractivity contribution in [2.45, 2.75) is 6.92 Å². The third-order valence-electron chi connectivity index (χ3n) is 4.29. The van der Waals surface area contributed by atoms with Crippen LogP contribution in [-0.2, 0) is 18.8 Å². The van der Waals surface area contributed by atoms with Crippen LogP contribution in [0, 0.1) is 0 Å². The highest BCUT2D eigenvalue weighted by Crippen LogP contribution is 2.19. The van der Waals surface area contributed by atoms with Gasteiger partial charge in [0.25, 0.3) is 5.56 Å². The van der Waals surface area contributed by atoms with Crippen LogP contribution in [0.25, 0.3) is 22.6 Å². The Morgan fingerprint density at radius 1 is 1.11 bits per heavy atom. The fourth-order valence-electron chi connectivity index (χ4n) is 2.98. The van der Waals surface area contributed by atoms with Gasteiger partial charge < -0.3 is 4.74 Å². The van der Waals surface area contributed by atoms with Crippen molar-refractivity contribution in [3.05, 3.63) is 57.0 Å². The summed E-state index contributed by atoms with van der Waals surface area (Å²) in [6.45, 7) is 1.83. The number of aryl methyl sites for hydroxylation is 1. The minimum absolute atomic E-state index is 0.0832. The maximum Gasteiger partial charge on any atom is 0.376 e. The number of carbonyl (C=O) groups excluding carboxylic acids is 1. The average molecular weight is 368 g/mol. The van der Waals surface area contributed by atoms with Gasteiger partial charge in [0.15, 0.2) is 11.2 Å². The summed E-state index contributed by atoms with van der Waals surface area (Å²) < 4.78 is 10.1. The van der Waals surface area contributed by atoms with Crippen LogP contribution in [0.1, 0.15) is 17.5 Å². The first kappa shape index (κ1) is 16.8. The number of fused-ring (bicyclic) bond motifs is 3. The summed E-state index contributed by atoms with van der Waals surface area (Å²) in [6.07, 6.45) is 0. The van der Waals surface area contributed by atoms with E-state index in [0.29, 0.717) is 5.69 Å². The quantitative estimate of drug-likeness (QED) is 0.480. The smallest absolute Gasteiger partial charge is 0.376 e. The number of nitrogens with zero attached hydrogens (tertiary/aromatic N) is 6. The highest BCUT2D eigenvalue weighted by atomic mass is 16.5. The third-order valence-corrected chi connectivity index (χ3v) is 4.29. The summed E-state index contributed by atoms with van der Waals surface area (Å²) in [4.78, 5) is 41.9. The molecule has 3 aromatic heterocycles. The van der Waals surface area contributed by atoms with Gasteiger partial charge in [-0.1, -0.05) is 18.2 Å². The summed E-state index contributed by atoms with van der Waals surface area (Å²) in [6, 6.07) is 9.05. The number of para-hydroxylation sites is 1. The Morgan fingerprint density at radius 3 is 2.48 bits per heavy atom. The van der Waals surface area contributed by atoms with Gasteiger partial charge in [0.05, 0.1) is 12.3 Å². The second-order valence-corrected chi connectivity index (χ2v) is 5.92. The van der Waals surface area contributed by atoms with Crippen LogP contribution < -0.4 is 11.2 Å². The molecule has 0 aliphatic carbocycles. The normalized spacial score (nSPS) is 11.4. The molecule has 4 rings (SSSR count). The second kappa shape index (κ2) is 5.94. The second-order valence-electron chi connectivity index (χ2n) is 5.92. The lowest BCUT2D eigenvalue weighted by molar-refractivity contribution is 0.0510. The van der Waals surface area contributed by atoms with Gasteiger partial charge in [0, 0.05) is 14.1 Å². The van der Waals surface area contributed by atoms with E-state index in [1.54, 1.807) is 19.1 Å². The Morgan fingerprint density at radius 2 is 1.81 bits per heavy atom. The SMILES string of the molecule is CCOC(=O)c1nn(-c2ccccc2)c2nc3c(c(=O)n(C)c(=O)n3C)n12. The molecule has 4 aromatic rings. The summed E-state index contributed by atoms with van der Waals surface area (Å²) in [5, 5.41) is 4.32. The van der Waals surface area contributed by atoms with Crippen molar-refractivity contribution >= 4 is 22.9 Å². The van der Waals surface area contributed by atoms with E-state index >= 15 is 0 Å². The molecule has 0 bridgehead atoms. The molecule has 138 valence electrons. The molecule has 0 saturated carbocycles. The minimum atomic E-state index is -0.688. The molecule has 0 aliphatic rings. The first-order valence-corrected chi connectivity index (χ1v) is 8.25. The van der Waals surface area contributed by atoms with Crippen molar-refractivity contribution in [1.82, 2.24) is 28.3 Å². The van der Waals surface area contributed by atoms with Gasteiger partial charge in [0.2, 0.25) is 11.6 Å². The Bertz CT molecular complexity index is 1310. The van der Waals surface area contributed by atoms with Crippen molar-refractivity contribution < 1.29 is 9.53 Å². The lowest BCUT2D eigenvalue weighted by atomic mass is 10.3. The monoisotopic (exact) mass is 368 g/mol. The lowest BCUT2D eigenvalue weighted by Crippen LogP contribution is -2.37. The molecule has 0 unspecified atom stereocenters. The molecule has 0 fully saturated rings. The molecule has 3 heterocycles. The van der Waals surface area contributed by atoms with Crippen molar-refractivity contribution in [2.24, 2.45) is 14.1 Å². The van der Waals surface area contributed by atoms with Crippen molar-refractivity contribution in [1.29, 1.82) is 0 Å². The summed E-state index contributed by atoms with van der Waals surface area (Å²) in [7, 11) is 2.88. The van der Waals surface area contributed by atoms with Crippen molar-refractivity contribution in [2.75, 3.05) is 6.61 Å². The van der Waals surface area contributed by atoms with E-state index in [-0.39, 0.29) is 29.4 Å². The van der Waals surface area contributed by atoms with Crippen LogP contribution >= 0.6 is 0 Å². The summed E-state index contributed by atoms with van der Waals surface area (Å²) >= 11 is 0. The Hall–Kier alpha value is -3.69. The molecule has 0 saturated heterocycles. The molecular weight excluding hydrogens is 352 g/mol. The number of imidazole rings is 1. The number of hydrogen-bond acceptors (Lipinski definition) is 6. The molecule has 0 N–H and O–H groups in total. The zero-order chi connectivity index (χ0) is 19.3. The Balaban J connectivity index is 2.21. The molecule has 1 aromatic carbocycles. The van der Waals surface area contributed by atoms with Crippen LogP contribution in [0.2, 0.25) is 0 Å². The molecule has 0 amide bonds. The number of ether oxygens (including phenoxy) is 1. The number of hydrogen-bond donors (Lipinski definition) is 0. The fraction of sp³-hybridized carbons (Fsp3) is 0.235. The van der Waals surface area contributed by atoms with E-state index in [2.05, 4.69) is 10.1 Å². The highest BCUT2D eigenvalue weighted by molar-refractivity contribution is 5.89. The van der Waals surface area contributed by atoms with Gasteiger partial charge in [-0.25, -0.2) is 14.0 Å². The van der Waals surface area contributed by atoms with E-state index < -0.39 is 17.2 Å². The predicted octanol–water partition coefficient (Wildman–Crippen LogP) is 0.247. The van der Waals surface area contributed by atoms with E-state index in [0.717, 1.165) is 4.57 Å². The molecule has 0 atom stereocenters. The van der Waals surface area contributed by atoms with Crippen LogP contribution in [-0.4, -0.2) is 40.9 Å². The maximum absolute atomic E-state index is 12.8. The topological polar surface area (TPSA) is 105 Å². The van der Waals surface area contributed by atoms with Gasteiger partial charge in [-0.2, -0.15) is 9.67 Å². The van der Waals surface area contributed by atoms with Gasteiger partial charge in [-0.3, -0.25) is 13.9 Å². The summed E-state index contributed by atoms with van der Waals surface area (Å²) in [5.74, 6) is -0.543. The molecular formula is C17H16N6O4. The number of carbonyl (C=O) groups is 1. The third kappa shape index (κ3) is 2.30. The zero-order valence-corrected chi connectivity index (χ0v) is 14.9. The van der Waals surface area contributed by atoms with Crippen LogP contribution in [0.3, 0.4) is 0 Å². The van der Waals surface area contributed by atoms with E-state index in [9.17, 15) is 14.4 Å². The lowest BCUT2D eigenvalue weighted by Gasteiger charge is -2.03. The van der Waals surface area contributed by atoms with Crippen LogP contribution in [0.5, 0.6) is 0 Å². The Labute approximate surface area is 151 Å². The Kier molecular flexibility index (Phi) is 3.69. The largest absolute Gasteiger partial charge is 0.460 e. The maximum atomic E-state index is 12.8. The molecule has 10 heteroatoms. The number of rotatable bonds is 3. The molecule has 0 spiro atoms. The van der Waals surface area contributed by atoms with E-state index in [4.69, 9.17) is 4.74 Å². The van der Waals surface area contributed by atoms with Crippen molar-refractivity contribution in [3.63, 3.8) is 0 Å². The van der Waals surface area contributed by atoms with Gasteiger partial charge in [0.1, 0.15) is 0 Å². The number of benzene rings is 1. The average Bonchev–Trinajstić information content (AvgIpc) is 3.23. The molecule has 0 aliphatic heterocycles. The van der Waals surface area contributed by atoms with Gasteiger partial charge in [-0.05, 0) is 19.1 Å². The highest BCUT2D eigenvalue weighted by Gasteiger charge is 2.26. The number of esters is 1. The molecule has 0 radical (unpaired) electrons. The first-order chi connectivity index (χ1) is 13.0. The summed E-state index contributed by atoms with van der Waals surface area (Å²) in [5.41, 5.74) is -0.185. The first-order valence-electron chi connectivity index (χ1n) is 8.25.